The predicted octanol–water partition coefficient (Wildman–Crippen LogP) is 4.16. The Morgan fingerprint density at radius 2 is 1.80 bits per heavy atom. The quantitative estimate of drug-likeness (QED) is 0.285. The molecule has 4 aromatic rings. The van der Waals surface area contributed by atoms with Crippen molar-refractivity contribution in [2.45, 2.75) is 29.3 Å². The molecule has 0 bridgehead atoms. The minimum atomic E-state index is -3.51. The van der Waals surface area contributed by atoms with Crippen LogP contribution in [0.25, 0.3) is 22.6 Å². The van der Waals surface area contributed by atoms with Gasteiger partial charge in [0.2, 0.25) is 0 Å². The first-order chi connectivity index (χ1) is 16.7. The van der Waals surface area contributed by atoms with Crippen molar-refractivity contribution in [2.75, 3.05) is 12.5 Å². The Balaban J connectivity index is 1.76. The smallest absolute Gasteiger partial charge is 0.343 e. The Hall–Kier alpha value is -3.08. The van der Waals surface area contributed by atoms with Crippen LogP contribution >= 0.6 is 0 Å². The molecule has 5 rings (SSSR count). The van der Waals surface area contributed by atoms with Crippen LogP contribution in [0.3, 0.4) is 0 Å². The van der Waals surface area contributed by atoms with E-state index in [1.165, 1.54) is 30.8 Å². The van der Waals surface area contributed by atoms with Crippen LogP contribution in [0.15, 0.2) is 72.0 Å². The van der Waals surface area contributed by atoms with Crippen LogP contribution in [0, 0.1) is 5.82 Å². The predicted molar refractivity (Wildman–Crippen MR) is 132 cm³/mol. The third-order valence-corrected chi connectivity index (χ3v) is 8.39. The Kier molecular flexibility index (Phi) is 6.20. The average molecular weight is 511 g/mol. The molecule has 0 saturated carbocycles. The number of halogens is 1. The second-order valence-corrected chi connectivity index (χ2v) is 12.0. The van der Waals surface area contributed by atoms with E-state index in [4.69, 9.17) is 4.98 Å². The number of imidazole rings is 1. The third kappa shape index (κ3) is 4.49. The van der Waals surface area contributed by atoms with Crippen molar-refractivity contribution in [3.8, 4) is 22.6 Å². The summed E-state index contributed by atoms with van der Waals surface area (Å²) in [6.07, 6.45) is 5.45. The summed E-state index contributed by atoms with van der Waals surface area (Å²) in [6.45, 7) is 0. The molecule has 180 valence electrons. The van der Waals surface area contributed by atoms with E-state index in [9.17, 15) is 17.4 Å². The van der Waals surface area contributed by atoms with Gasteiger partial charge in [0.05, 0.1) is 23.1 Å². The largest absolute Gasteiger partial charge is 0.609 e. The fourth-order valence-corrected chi connectivity index (χ4v) is 6.68. The zero-order valence-electron chi connectivity index (χ0n) is 19.1. The lowest BCUT2D eigenvalue weighted by Gasteiger charge is -2.26. The van der Waals surface area contributed by atoms with Crippen LogP contribution in [0.4, 0.5) is 4.39 Å². The highest BCUT2D eigenvalue weighted by atomic mass is 32.2. The zero-order chi connectivity index (χ0) is 24.7. The van der Waals surface area contributed by atoms with E-state index in [0.717, 1.165) is 5.82 Å². The number of sulfone groups is 1. The molecular weight excluding hydrogens is 487 g/mol. The fourth-order valence-electron chi connectivity index (χ4n) is 4.77. The van der Waals surface area contributed by atoms with Gasteiger partial charge >= 0.3 is 5.16 Å². The van der Waals surface area contributed by atoms with Gasteiger partial charge in [-0.3, -0.25) is 0 Å². The van der Waals surface area contributed by atoms with Crippen LogP contribution in [0.1, 0.15) is 29.1 Å². The number of aryl methyl sites for hydroxylation is 1. The van der Waals surface area contributed by atoms with Gasteiger partial charge in [-0.05, 0) is 42.3 Å². The Bertz CT molecular complexity index is 1470. The standard InChI is InChI=1S/C25H23FN4O3S2/c1-34(31)25-27-15-14-19(28-25)23-22(16-8-10-18(26)11-9-16)29-21-13-12-20(30(21)23)24(35(2,32)33)17-6-4-3-5-7-17/h3-11,14-15,20,24H,12-13H2,1-2H3. The summed E-state index contributed by atoms with van der Waals surface area (Å²) in [7, 11) is -3.51. The summed E-state index contributed by atoms with van der Waals surface area (Å²) in [5.41, 5.74) is 3.03. The third-order valence-electron chi connectivity index (χ3n) is 6.17. The molecular formula is C25H23FN4O3S2. The maximum Gasteiger partial charge on any atom is 0.343 e. The van der Waals surface area contributed by atoms with Crippen LogP contribution in [-0.2, 0) is 27.4 Å². The van der Waals surface area contributed by atoms with Gasteiger partial charge in [0.1, 0.15) is 23.1 Å². The molecule has 0 spiro atoms. The van der Waals surface area contributed by atoms with Gasteiger partial charge in [0.15, 0.2) is 9.84 Å². The van der Waals surface area contributed by atoms with Crippen molar-refractivity contribution >= 4 is 21.0 Å². The van der Waals surface area contributed by atoms with Crippen molar-refractivity contribution in [1.82, 2.24) is 19.5 Å². The van der Waals surface area contributed by atoms with Crippen molar-refractivity contribution < 1.29 is 17.4 Å². The number of hydrogen-bond acceptors (Lipinski definition) is 6. The highest BCUT2D eigenvalue weighted by Gasteiger charge is 2.40. The van der Waals surface area contributed by atoms with Crippen LogP contribution < -0.4 is 0 Å². The van der Waals surface area contributed by atoms with Crippen LogP contribution in [0.2, 0.25) is 0 Å². The maximum atomic E-state index is 13.7. The molecule has 0 amide bonds. The van der Waals surface area contributed by atoms with E-state index in [1.54, 1.807) is 18.2 Å². The number of rotatable bonds is 6. The number of hydrogen-bond donors (Lipinski definition) is 0. The highest BCUT2D eigenvalue weighted by Crippen LogP contribution is 2.46. The Morgan fingerprint density at radius 1 is 1.09 bits per heavy atom. The van der Waals surface area contributed by atoms with E-state index in [1.807, 2.05) is 34.9 Å². The van der Waals surface area contributed by atoms with Crippen LogP contribution in [0.5, 0.6) is 0 Å². The summed E-state index contributed by atoms with van der Waals surface area (Å²) in [4.78, 5) is 13.5. The molecule has 0 radical (unpaired) electrons. The van der Waals surface area contributed by atoms with E-state index in [0.29, 0.717) is 41.1 Å². The van der Waals surface area contributed by atoms with E-state index < -0.39 is 32.3 Å². The zero-order valence-corrected chi connectivity index (χ0v) is 20.8. The van der Waals surface area contributed by atoms with Gasteiger partial charge in [0, 0.05) is 35.6 Å². The van der Waals surface area contributed by atoms with Crippen LogP contribution in [-0.4, -0.2) is 45.0 Å². The molecule has 0 fully saturated rings. The number of nitrogens with zero attached hydrogens (tertiary/aromatic N) is 4. The van der Waals surface area contributed by atoms with Crippen molar-refractivity contribution in [2.24, 2.45) is 0 Å². The monoisotopic (exact) mass is 510 g/mol. The SMILES string of the molecule is C[S+]([O-])c1nccc(-c2c(-c3ccc(F)cc3)nc3n2C(C(c2ccccc2)S(C)(=O)=O)CC3)n1. The van der Waals surface area contributed by atoms with Gasteiger partial charge < -0.3 is 9.12 Å². The Morgan fingerprint density at radius 3 is 2.46 bits per heavy atom. The number of fused-ring (bicyclic) bond motifs is 1. The Labute approximate surface area is 206 Å². The minimum Gasteiger partial charge on any atom is -0.609 e. The molecule has 3 atom stereocenters. The lowest BCUT2D eigenvalue weighted by atomic mass is 10.0. The second-order valence-electron chi connectivity index (χ2n) is 8.55. The number of aromatic nitrogens is 4. The molecule has 35 heavy (non-hydrogen) atoms. The molecule has 1 aliphatic heterocycles. The molecule has 3 unspecified atom stereocenters. The topological polar surface area (TPSA) is 101 Å². The van der Waals surface area contributed by atoms with Gasteiger partial charge in [-0.1, -0.05) is 30.3 Å². The lowest BCUT2D eigenvalue weighted by Crippen LogP contribution is -2.23. The fraction of sp³-hybridized carbons (Fsp3) is 0.240. The molecule has 0 N–H and O–H groups in total. The molecule has 10 heteroatoms. The van der Waals surface area contributed by atoms with E-state index in [-0.39, 0.29) is 11.0 Å². The normalized spacial score (nSPS) is 17.2. The summed E-state index contributed by atoms with van der Waals surface area (Å²) < 4.78 is 53.9. The van der Waals surface area contributed by atoms with Gasteiger partial charge in [0.25, 0.3) is 0 Å². The van der Waals surface area contributed by atoms with Gasteiger partial charge in [-0.2, -0.15) is 9.97 Å². The van der Waals surface area contributed by atoms with Crippen molar-refractivity contribution in [3.05, 3.63) is 84.1 Å². The molecule has 0 saturated heterocycles. The van der Waals surface area contributed by atoms with Crippen molar-refractivity contribution in [3.63, 3.8) is 0 Å². The molecule has 7 nitrogen and oxygen atoms in total. The summed E-state index contributed by atoms with van der Waals surface area (Å²) in [5, 5.41) is -0.624. The van der Waals surface area contributed by atoms with Gasteiger partial charge in [-0.25, -0.2) is 17.8 Å². The van der Waals surface area contributed by atoms with Crippen molar-refractivity contribution in [1.29, 1.82) is 0 Å². The summed E-state index contributed by atoms with van der Waals surface area (Å²) in [6, 6.07) is 16.4. The van der Waals surface area contributed by atoms with E-state index >= 15 is 0 Å². The average Bonchev–Trinajstić information content (AvgIpc) is 3.40. The molecule has 2 aromatic heterocycles. The van der Waals surface area contributed by atoms with E-state index in [2.05, 4.69) is 9.97 Å². The highest BCUT2D eigenvalue weighted by molar-refractivity contribution is 7.91. The molecule has 0 aliphatic carbocycles. The number of benzene rings is 2. The summed E-state index contributed by atoms with van der Waals surface area (Å²) in [5.74, 6) is 0.360. The first-order valence-corrected chi connectivity index (χ1v) is 14.5. The molecule has 3 heterocycles. The second kappa shape index (κ2) is 9.18. The summed E-state index contributed by atoms with van der Waals surface area (Å²) >= 11 is -1.41. The minimum absolute atomic E-state index is 0.167. The maximum absolute atomic E-state index is 13.7. The first-order valence-electron chi connectivity index (χ1n) is 11.0. The molecule has 1 aliphatic rings. The van der Waals surface area contributed by atoms with Gasteiger partial charge in [-0.15, -0.1) is 0 Å². The molecule has 2 aromatic carbocycles. The lowest BCUT2D eigenvalue weighted by molar-refractivity contribution is 0.488. The first kappa shape index (κ1) is 23.7.